The van der Waals surface area contributed by atoms with E-state index in [-0.39, 0.29) is 5.56 Å². The van der Waals surface area contributed by atoms with E-state index in [1.165, 1.54) is 0 Å². The summed E-state index contributed by atoms with van der Waals surface area (Å²) in [5, 5.41) is 0.509. The number of carbonyl (C=O) groups is 1. The molecule has 0 aliphatic rings. The fourth-order valence-corrected chi connectivity index (χ4v) is 2.55. The number of hydrogen-bond acceptors (Lipinski definition) is 4. The molecule has 0 saturated heterocycles. The summed E-state index contributed by atoms with van der Waals surface area (Å²) in [4.78, 5) is 31.6. The van der Waals surface area contributed by atoms with Gasteiger partial charge in [-0.25, -0.2) is 9.78 Å². The molecule has 1 heterocycles. The molecule has 3 rings (SSSR count). The van der Waals surface area contributed by atoms with Crippen LogP contribution in [0.2, 0.25) is 0 Å². The molecule has 3 aromatic rings. The molecule has 0 saturated carbocycles. The molecular formula is C19H18N2O3. The maximum atomic E-state index is 12.4. The fraction of sp³-hybridized carbons (Fsp3) is 0.211. The van der Waals surface area contributed by atoms with Gasteiger partial charge in [-0.15, -0.1) is 0 Å². The second-order valence-corrected chi connectivity index (χ2v) is 5.76. The number of nitrogens with one attached hydrogen (secondary N) is 1. The molecule has 1 N–H and O–H groups in total. The minimum Gasteiger partial charge on any atom is -0.451 e. The minimum absolute atomic E-state index is 0.245. The number of carbonyl (C=O) groups excluding carboxylic acids is 1. The predicted molar refractivity (Wildman–Crippen MR) is 92.1 cm³/mol. The van der Waals surface area contributed by atoms with E-state index >= 15 is 0 Å². The maximum absolute atomic E-state index is 12.4. The van der Waals surface area contributed by atoms with E-state index in [2.05, 4.69) is 9.97 Å². The van der Waals surface area contributed by atoms with Gasteiger partial charge in [-0.3, -0.25) is 4.79 Å². The minimum atomic E-state index is -0.658. The molecule has 0 amide bonds. The van der Waals surface area contributed by atoms with Crippen molar-refractivity contribution in [3.63, 3.8) is 0 Å². The summed E-state index contributed by atoms with van der Waals surface area (Å²) < 4.78 is 5.49. The highest BCUT2D eigenvalue weighted by Crippen LogP contribution is 2.19. The zero-order chi connectivity index (χ0) is 17.3. The Bertz CT molecular complexity index is 976. The molecule has 0 unspecified atom stereocenters. The van der Waals surface area contributed by atoms with Gasteiger partial charge >= 0.3 is 5.97 Å². The Balaban J connectivity index is 1.90. The molecule has 1 atom stereocenters. The van der Waals surface area contributed by atoms with Crippen molar-refractivity contribution >= 4 is 16.9 Å². The lowest BCUT2D eigenvalue weighted by molar-refractivity contribution is 0.0319. The third-order valence-electron chi connectivity index (χ3n) is 4.12. The number of esters is 1. The van der Waals surface area contributed by atoms with Crippen LogP contribution in [-0.4, -0.2) is 15.9 Å². The molecule has 2 aromatic carbocycles. The standard InChI is InChI=1S/C19H18N2O3/c1-11-7-6-9-14(12(11)2)19(23)24-13(3)17-20-16-10-5-4-8-15(16)18(22)21-17/h4-10,13H,1-3H3,(H,20,21,22)/t13-/m1/s1. The molecule has 0 aliphatic carbocycles. The Kier molecular flexibility index (Phi) is 4.16. The summed E-state index contributed by atoms with van der Waals surface area (Å²) >= 11 is 0. The highest BCUT2D eigenvalue weighted by molar-refractivity contribution is 5.91. The first-order valence-electron chi connectivity index (χ1n) is 7.73. The van der Waals surface area contributed by atoms with Crippen LogP contribution < -0.4 is 5.56 Å². The van der Waals surface area contributed by atoms with E-state index in [1.54, 1.807) is 31.2 Å². The largest absolute Gasteiger partial charge is 0.451 e. The van der Waals surface area contributed by atoms with E-state index in [4.69, 9.17) is 4.74 Å². The Morgan fingerprint density at radius 2 is 1.88 bits per heavy atom. The number of nitrogens with zero attached hydrogens (tertiary/aromatic N) is 1. The Morgan fingerprint density at radius 1 is 1.12 bits per heavy atom. The lowest BCUT2D eigenvalue weighted by Gasteiger charge is -2.14. The molecular weight excluding hydrogens is 304 g/mol. The zero-order valence-electron chi connectivity index (χ0n) is 13.8. The average molecular weight is 322 g/mol. The van der Waals surface area contributed by atoms with Crippen LogP contribution in [0.4, 0.5) is 0 Å². The van der Waals surface area contributed by atoms with Crippen LogP contribution in [0.15, 0.2) is 47.3 Å². The predicted octanol–water partition coefficient (Wildman–Crippen LogP) is 3.46. The highest BCUT2D eigenvalue weighted by atomic mass is 16.5. The van der Waals surface area contributed by atoms with E-state index in [0.717, 1.165) is 11.1 Å². The average Bonchev–Trinajstić information content (AvgIpc) is 2.57. The van der Waals surface area contributed by atoms with Gasteiger partial charge in [0.05, 0.1) is 16.5 Å². The second-order valence-electron chi connectivity index (χ2n) is 5.76. The van der Waals surface area contributed by atoms with Gasteiger partial charge in [0.2, 0.25) is 0 Å². The number of benzene rings is 2. The van der Waals surface area contributed by atoms with Crippen molar-refractivity contribution in [2.75, 3.05) is 0 Å². The van der Waals surface area contributed by atoms with Gasteiger partial charge in [0.1, 0.15) is 0 Å². The summed E-state index contributed by atoms with van der Waals surface area (Å²) in [5.74, 6) is -0.100. The molecule has 5 heteroatoms. The SMILES string of the molecule is Cc1cccc(C(=O)O[C@H](C)c2nc3ccccc3c(=O)[nH]2)c1C. The molecule has 24 heavy (non-hydrogen) atoms. The normalized spacial score (nSPS) is 12.1. The first kappa shape index (κ1) is 15.9. The van der Waals surface area contributed by atoms with Crippen LogP contribution >= 0.6 is 0 Å². The monoisotopic (exact) mass is 322 g/mol. The number of H-pyrrole nitrogens is 1. The van der Waals surface area contributed by atoms with Crippen LogP contribution in [0, 0.1) is 13.8 Å². The van der Waals surface area contributed by atoms with Gasteiger partial charge in [0.25, 0.3) is 5.56 Å². The number of aromatic amines is 1. The van der Waals surface area contributed by atoms with Gasteiger partial charge in [-0.2, -0.15) is 0 Å². The van der Waals surface area contributed by atoms with Crippen LogP contribution in [0.3, 0.4) is 0 Å². The van der Waals surface area contributed by atoms with E-state index < -0.39 is 12.1 Å². The summed E-state index contributed by atoms with van der Waals surface area (Å²) in [6.45, 7) is 5.51. The Labute approximate surface area is 139 Å². The van der Waals surface area contributed by atoms with Crippen LogP contribution in [0.25, 0.3) is 10.9 Å². The van der Waals surface area contributed by atoms with Crippen molar-refractivity contribution in [2.24, 2.45) is 0 Å². The van der Waals surface area contributed by atoms with E-state index in [1.807, 2.05) is 32.0 Å². The fourth-order valence-electron chi connectivity index (χ4n) is 2.55. The topological polar surface area (TPSA) is 72.0 Å². The maximum Gasteiger partial charge on any atom is 0.339 e. The third kappa shape index (κ3) is 2.93. The van der Waals surface area contributed by atoms with Crippen LogP contribution in [-0.2, 0) is 4.74 Å². The first-order valence-corrected chi connectivity index (χ1v) is 7.73. The third-order valence-corrected chi connectivity index (χ3v) is 4.12. The quantitative estimate of drug-likeness (QED) is 0.750. The van der Waals surface area contributed by atoms with Crippen molar-refractivity contribution in [2.45, 2.75) is 26.9 Å². The Hall–Kier alpha value is -2.95. The number of fused-ring (bicyclic) bond motifs is 1. The lowest BCUT2D eigenvalue weighted by atomic mass is 10.0. The van der Waals surface area contributed by atoms with Crippen molar-refractivity contribution in [3.8, 4) is 0 Å². The van der Waals surface area contributed by atoms with Crippen LogP contribution in [0.5, 0.6) is 0 Å². The summed E-state index contributed by atoms with van der Waals surface area (Å²) in [5.41, 5.74) is 2.75. The number of rotatable bonds is 3. The van der Waals surface area contributed by atoms with E-state index in [9.17, 15) is 9.59 Å². The summed E-state index contributed by atoms with van der Waals surface area (Å²) in [6, 6.07) is 12.5. The molecule has 0 aliphatic heterocycles. The lowest BCUT2D eigenvalue weighted by Crippen LogP contribution is -2.18. The molecule has 5 nitrogen and oxygen atoms in total. The highest BCUT2D eigenvalue weighted by Gasteiger charge is 2.18. The second kappa shape index (κ2) is 6.28. The summed E-state index contributed by atoms with van der Waals surface area (Å²) in [6.07, 6.45) is -0.658. The number of hydrogen-bond donors (Lipinski definition) is 1. The zero-order valence-corrected chi connectivity index (χ0v) is 13.8. The molecule has 0 spiro atoms. The van der Waals surface area contributed by atoms with Gasteiger partial charge in [-0.05, 0) is 50.1 Å². The van der Waals surface area contributed by atoms with Crippen molar-refractivity contribution in [3.05, 3.63) is 75.3 Å². The molecule has 122 valence electrons. The number of para-hydroxylation sites is 1. The van der Waals surface area contributed by atoms with Crippen molar-refractivity contribution in [1.82, 2.24) is 9.97 Å². The van der Waals surface area contributed by atoms with Crippen molar-refractivity contribution in [1.29, 1.82) is 0 Å². The smallest absolute Gasteiger partial charge is 0.339 e. The number of aryl methyl sites for hydroxylation is 1. The first-order chi connectivity index (χ1) is 11.5. The van der Waals surface area contributed by atoms with Gasteiger partial charge < -0.3 is 9.72 Å². The number of aromatic nitrogens is 2. The van der Waals surface area contributed by atoms with Gasteiger partial charge in [-0.1, -0.05) is 24.3 Å². The van der Waals surface area contributed by atoms with Gasteiger partial charge in [0, 0.05) is 0 Å². The van der Waals surface area contributed by atoms with E-state index in [0.29, 0.717) is 22.3 Å². The molecule has 0 fully saturated rings. The molecule has 1 aromatic heterocycles. The molecule has 0 bridgehead atoms. The summed E-state index contributed by atoms with van der Waals surface area (Å²) in [7, 11) is 0. The van der Waals surface area contributed by atoms with Crippen LogP contribution in [0.1, 0.15) is 40.3 Å². The van der Waals surface area contributed by atoms with Gasteiger partial charge in [0.15, 0.2) is 11.9 Å². The Morgan fingerprint density at radius 3 is 2.67 bits per heavy atom. The molecule has 0 radical (unpaired) electrons. The van der Waals surface area contributed by atoms with Crippen molar-refractivity contribution < 1.29 is 9.53 Å². The number of ether oxygens (including phenoxy) is 1.